The van der Waals surface area contributed by atoms with Crippen molar-refractivity contribution >= 4 is 27.8 Å². The van der Waals surface area contributed by atoms with Crippen molar-refractivity contribution in [3.63, 3.8) is 0 Å². The van der Waals surface area contributed by atoms with Crippen LogP contribution in [0, 0.1) is 6.92 Å². The molecule has 1 unspecified atom stereocenters. The summed E-state index contributed by atoms with van der Waals surface area (Å²) in [5.41, 5.74) is -0.610. The first-order valence-corrected chi connectivity index (χ1v) is 9.65. The smallest absolute Gasteiger partial charge is 0.416 e. The number of halogens is 3. The Bertz CT molecular complexity index is 1000. The highest BCUT2D eigenvalue weighted by molar-refractivity contribution is 7.87. The van der Waals surface area contributed by atoms with E-state index in [1.54, 1.807) is 13.8 Å². The molecule has 2 aromatic rings. The molecule has 1 aliphatic heterocycles. The fourth-order valence-electron chi connectivity index (χ4n) is 2.56. The minimum absolute atomic E-state index is 0.0886. The van der Waals surface area contributed by atoms with Crippen molar-refractivity contribution in [3.8, 4) is 0 Å². The SMILES string of the molecule is Cc1ccc(C(F)(F)F)cc1Nc1nc(C(=O)NS(=O)(=O)N2CCC2C)co1. The van der Waals surface area contributed by atoms with Crippen LogP contribution < -0.4 is 10.0 Å². The fraction of sp³-hybridized carbons (Fsp3) is 0.375. The van der Waals surface area contributed by atoms with Crippen LogP contribution in [-0.2, 0) is 16.4 Å². The van der Waals surface area contributed by atoms with Crippen molar-refractivity contribution in [2.75, 3.05) is 11.9 Å². The van der Waals surface area contributed by atoms with Gasteiger partial charge >= 0.3 is 16.4 Å². The van der Waals surface area contributed by atoms with E-state index in [-0.39, 0.29) is 23.4 Å². The molecule has 1 amide bonds. The summed E-state index contributed by atoms with van der Waals surface area (Å²) in [5.74, 6) is -1.00. The number of hydrogen-bond donors (Lipinski definition) is 2. The number of carbonyl (C=O) groups is 1. The number of amides is 1. The third-order valence-electron chi connectivity index (χ3n) is 4.33. The lowest BCUT2D eigenvalue weighted by Gasteiger charge is -2.36. The van der Waals surface area contributed by atoms with E-state index in [4.69, 9.17) is 4.42 Å². The summed E-state index contributed by atoms with van der Waals surface area (Å²) in [6, 6.07) is 2.65. The third kappa shape index (κ3) is 4.12. The lowest BCUT2D eigenvalue weighted by atomic mass is 10.1. The zero-order valence-corrected chi connectivity index (χ0v) is 15.7. The molecular formula is C16H17F3N4O4S. The maximum absolute atomic E-state index is 12.9. The highest BCUT2D eigenvalue weighted by Crippen LogP contribution is 2.33. The molecule has 1 fully saturated rings. The van der Waals surface area contributed by atoms with E-state index in [0.29, 0.717) is 18.5 Å². The summed E-state index contributed by atoms with van der Waals surface area (Å²) in [4.78, 5) is 15.9. The predicted octanol–water partition coefficient (Wildman–Crippen LogP) is 2.81. The molecule has 0 saturated carbocycles. The van der Waals surface area contributed by atoms with E-state index >= 15 is 0 Å². The number of oxazole rings is 1. The number of benzene rings is 1. The molecule has 0 bridgehead atoms. The molecule has 1 aromatic carbocycles. The second kappa shape index (κ2) is 7.09. The van der Waals surface area contributed by atoms with Crippen LogP contribution in [0.2, 0.25) is 0 Å². The van der Waals surface area contributed by atoms with Crippen LogP contribution in [0.4, 0.5) is 24.9 Å². The van der Waals surface area contributed by atoms with Gasteiger partial charge in [-0.05, 0) is 38.0 Å². The summed E-state index contributed by atoms with van der Waals surface area (Å²) in [6.07, 6.45) is -2.91. The Hall–Kier alpha value is -2.60. The van der Waals surface area contributed by atoms with Gasteiger partial charge in [0.05, 0.1) is 5.56 Å². The van der Waals surface area contributed by atoms with Gasteiger partial charge in [-0.1, -0.05) is 6.07 Å². The van der Waals surface area contributed by atoms with E-state index < -0.39 is 27.9 Å². The van der Waals surface area contributed by atoms with Crippen LogP contribution in [0.15, 0.2) is 28.9 Å². The van der Waals surface area contributed by atoms with Crippen LogP contribution >= 0.6 is 0 Å². The summed E-state index contributed by atoms with van der Waals surface area (Å²) in [6.45, 7) is 3.60. The second-order valence-electron chi connectivity index (χ2n) is 6.37. The summed E-state index contributed by atoms with van der Waals surface area (Å²) in [5, 5.41) is 2.56. The molecule has 2 N–H and O–H groups in total. The number of anilines is 2. The lowest BCUT2D eigenvalue weighted by molar-refractivity contribution is -0.137. The Kier molecular flexibility index (Phi) is 5.10. The van der Waals surface area contributed by atoms with Gasteiger partial charge in [0, 0.05) is 18.3 Å². The third-order valence-corrected chi connectivity index (χ3v) is 5.94. The molecule has 1 atom stereocenters. The Morgan fingerprint density at radius 3 is 2.64 bits per heavy atom. The molecule has 0 radical (unpaired) electrons. The maximum Gasteiger partial charge on any atom is 0.416 e. The molecule has 8 nitrogen and oxygen atoms in total. The number of hydrogen-bond acceptors (Lipinski definition) is 6. The van der Waals surface area contributed by atoms with E-state index in [0.717, 1.165) is 22.7 Å². The number of carbonyl (C=O) groups excluding carboxylic acids is 1. The number of nitrogens with one attached hydrogen (secondary N) is 2. The zero-order chi connectivity index (χ0) is 20.7. The molecule has 3 rings (SSSR count). The summed E-state index contributed by atoms with van der Waals surface area (Å²) in [7, 11) is -3.99. The Morgan fingerprint density at radius 2 is 2.07 bits per heavy atom. The number of nitrogens with zero attached hydrogens (tertiary/aromatic N) is 2. The largest absolute Gasteiger partial charge is 0.431 e. The van der Waals surface area contributed by atoms with Crippen LogP contribution in [0.1, 0.15) is 35.0 Å². The van der Waals surface area contributed by atoms with Gasteiger partial charge in [0.15, 0.2) is 5.69 Å². The Balaban J connectivity index is 1.73. The molecule has 2 heterocycles. The van der Waals surface area contributed by atoms with E-state index in [1.165, 1.54) is 6.07 Å². The Labute approximate surface area is 158 Å². The maximum atomic E-state index is 12.9. The minimum atomic E-state index is -4.52. The molecule has 1 aliphatic rings. The van der Waals surface area contributed by atoms with Crippen molar-refractivity contribution < 1.29 is 30.8 Å². The number of rotatable bonds is 5. The highest BCUT2D eigenvalue weighted by Gasteiger charge is 2.36. The molecule has 1 saturated heterocycles. The normalized spacial score (nSPS) is 17.8. The monoisotopic (exact) mass is 418 g/mol. The van der Waals surface area contributed by atoms with Crippen molar-refractivity contribution in [2.24, 2.45) is 0 Å². The van der Waals surface area contributed by atoms with Gasteiger partial charge < -0.3 is 9.73 Å². The first-order chi connectivity index (χ1) is 13.0. The van der Waals surface area contributed by atoms with Gasteiger partial charge in [0.1, 0.15) is 6.26 Å². The minimum Gasteiger partial charge on any atom is -0.431 e. The van der Waals surface area contributed by atoms with Gasteiger partial charge in [0.25, 0.3) is 11.9 Å². The van der Waals surface area contributed by atoms with Crippen molar-refractivity contribution in [1.29, 1.82) is 0 Å². The molecular weight excluding hydrogens is 401 g/mol. The topological polar surface area (TPSA) is 105 Å². The molecule has 12 heteroatoms. The first-order valence-electron chi connectivity index (χ1n) is 8.21. The van der Waals surface area contributed by atoms with Crippen LogP contribution in [0.25, 0.3) is 0 Å². The zero-order valence-electron chi connectivity index (χ0n) is 14.9. The van der Waals surface area contributed by atoms with Crippen LogP contribution in [0.3, 0.4) is 0 Å². The van der Waals surface area contributed by atoms with Gasteiger partial charge in [-0.2, -0.15) is 30.9 Å². The number of aromatic nitrogens is 1. The number of aryl methyl sites for hydroxylation is 1. The van der Waals surface area contributed by atoms with Crippen molar-refractivity contribution in [2.45, 2.75) is 32.5 Å². The van der Waals surface area contributed by atoms with E-state index in [2.05, 4.69) is 10.3 Å². The first kappa shape index (κ1) is 20.1. The summed E-state index contributed by atoms with van der Waals surface area (Å²) < 4.78 is 70.8. The predicted molar refractivity (Wildman–Crippen MR) is 93.1 cm³/mol. The average molecular weight is 418 g/mol. The van der Waals surface area contributed by atoms with E-state index in [1.807, 2.05) is 4.72 Å². The summed E-state index contributed by atoms with van der Waals surface area (Å²) >= 11 is 0. The van der Waals surface area contributed by atoms with Gasteiger partial charge in [0.2, 0.25) is 0 Å². The molecule has 0 aliphatic carbocycles. The molecule has 0 spiro atoms. The van der Waals surface area contributed by atoms with Gasteiger partial charge in [-0.3, -0.25) is 4.79 Å². The number of alkyl halides is 3. The van der Waals surface area contributed by atoms with Crippen molar-refractivity contribution in [1.82, 2.24) is 14.0 Å². The molecule has 152 valence electrons. The highest BCUT2D eigenvalue weighted by atomic mass is 32.2. The standard InChI is InChI=1S/C16H17F3N4O4S/c1-9-3-4-11(16(17,18)19)7-12(9)20-15-21-13(8-27-15)14(24)22-28(25,26)23-6-5-10(23)2/h3-4,7-8,10H,5-6H2,1-2H3,(H,20,21)(H,22,24). The van der Waals surface area contributed by atoms with Crippen LogP contribution in [0.5, 0.6) is 0 Å². The van der Waals surface area contributed by atoms with Gasteiger partial charge in [-0.25, -0.2) is 4.72 Å². The molecule has 28 heavy (non-hydrogen) atoms. The van der Waals surface area contributed by atoms with E-state index in [9.17, 15) is 26.4 Å². The Morgan fingerprint density at radius 1 is 1.36 bits per heavy atom. The van der Waals surface area contributed by atoms with Gasteiger partial charge in [-0.15, -0.1) is 0 Å². The fourth-order valence-corrected chi connectivity index (χ4v) is 3.94. The quantitative estimate of drug-likeness (QED) is 0.774. The van der Waals surface area contributed by atoms with Crippen LogP contribution in [-0.4, -0.2) is 36.2 Å². The molecule has 1 aromatic heterocycles. The second-order valence-corrected chi connectivity index (χ2v) is 8.00. The average Bonchev–Trinajstić information content (AvgIpc) is 3.02. The lowest BCUT2D eigenvalue weighted by Crippen LogP contribution is -2.54. The van der Waals surface area contributed by atoms with Crippen molar-refractivity contribution in [3.05, 3.63) is 41.3 Å².